The van der Waals surface area contributed by atoms with Gasteiger partial charge in [0.2, 0.25) is 5.91 Å². The standard InChI is InChI=1S/C25H34BrNO3S/c1-14(2)17-8-10-18(11-9-17)19-13-31(29,30)24-21(19)15(3)23(16(4)22(24)26)27-20(28)12-25(5,6)7/h8-11,14,19,29-30H,12-13H2,1-7H3,(H,27,28). The van der Waals surface area contributed by atoms with Gasteiger partial charge in [0.15, 0.2) is 0 Å². The van der Waals surface area contributed by atoms with Crippen molar-refractivity contribution in [1.29, 1.82) is 0 Å². The largest absolute Gasteiger partial charge is 0.326 e. The Bertz CT molecular complexity index is 1010. The van der Waals surface area contributed by atoms with Crippen molar-refractivity contribution in [3.8, 4) is 0 Å². The minimum Gasteiger partial charge on any atom is -0.326 e. The van der Waals surface area contributed by atoms with Gasteiger partial charge in [0.25, 0.3) is 0 Å². The van der Waals surface area contributed by atoms with Crippen LogP contribution in [-0.4, -0.2) is 20.8 Å². The fourth-order valence-electron chi connectivity index (χ4n) is 4.35. The number of hydrogen-bond acceptors (Lipinski definition) is 3. The number of carbonyl (C=O) groups is 1. The number of halogens is 1. The van der Waals surface area contributed by atoms with Crippen molar-refractivity contribution in [3.63, 3.8) is 0 Å². The van der Waals surface area contributed by atoms with Crippen molar-refractivity contribution in [1.82, 2.24) is 0 Å². The highest BCUT2D eigenvalue weighted by Gasteiger charge is 2.40. The normalized spacial score (nSPS) is 18.7. The number of nitrogens with one attached hydrogen (secondary N) is 1. The number of carbonyl (C=O) groups excluding carboxylic acids is 1. The molecule has 1 aliphatic heterocycles. The molecule has 0 radical (unpaired) electrons. The molecule has 170 valence electrons. The summed E-state index contributed by atoms with van der Waals surface area (Å²) in [4.78, 5) is 13.3. The number of benzene rings is 2. The Morgan fingerprint density at radius 2 is 1.74 bits per heavy atom. The zero-order valence-corrected chi connectivity index (χ0v) is 21.9. The first-order chi connectivity index (χ1) is 14.2. The lowest BCUT2D eigenvalue weighted by Gasteiger charge is -2.30. The maximum Gasteiger partial charge on any atom is 0.224 e. The third kappa shape index (κ3) is 4.87. The van der Waals surface area contributed by atoms with Crippen LogP contribution in [0.1, 0.15) is 80.7 Å². The summed E-state index contributed by atoms with van der Waals surface area (Å²) in [6, 6.07) is 8.42. The molecule has 1 amide bonds. The Balaban J connectivity index is 2.11. The molecule has 2 aromatic rings. The highest BCUT2D eigenvalue weighted by atomic mass is 79.9. The SMILES string of the molecule is Cc1c(Br)c2c(c(C)c1NC(=O)CC(C)(C)C)C(c1ccc(C(C)C)cc1)CS2(O)O. The summed E-state index contributed by atoms with van der Waals surface area (Å²) in [6.07, 6.45) is 0.413. The Morgan fingerprint density at radius 1 is 1.16 bits per heavy atom. The lowest BCUT2D eigenvalue weighted by atomic mass is 9.87. The fraction of sp³-hybridized carbons (Fsp3) is 0.480. The summed E-state index contributed by atoms with van der Waals surface area (Å²) >= 11 is 3.62. The van der Waals surface area contributed by atoms with E-state index in [0.717, 1.165) is 27.9 Å². The van der Waals surface area contributed by atoms with E-state index in [-0.39, 0.29) is 23.0 Å². The second-order valence-corrected chi connectivity index (χ2v) is 13.0. The van der Waals surface area contributed by atoms with Crippen LogP contribution < -0.4 is 5.32 Å². The van der Waals surface area contributed by atoms with Gasteiger partial charge in [-0.15, -0.1) is 0 Å². The lowest BCUT2D eigenvalue weighted by Crippen LogP contribution is -2.21. The number of amides is 1. The minimum absolute atomic E-state index is 0.0343. The molecule has 3 N–H and O–H groups in total. The van der Waals surface area contributed by atoms with Crippen LogP contribution in [0.3, 0.4) is 0 Å². The highest BCUT2D eigenvalue weighted by Crippen LogP contribution is 2.65. The van der Waals surface area contributed by atoms with E-state index in [1.165, 1.54) is 5.56 Å². The monoisotopic (exact) mass is 507 g/mol. The zero-order chi connectivity index (χ0) is 23.3. The number of hydrogen-bond donors (Lipinski definition) is 3. The van der Waals surface area contributed by atoms with Gasteiger partial charge in [-0.3, -0.25) is 13.9 Å². The van der Waals surface area contributed by atoms with Gasteiger partial charge in [-0.25, -0.2) is 0 Å². The average Bonchev–Trinajstić information content (AvgIpc) is 2.93. The summed E-state index contributed by atoms with van der Waals surface area (Å²) in [7, 11) is -2.94. The Kier molecular flexibility index (Phi) is 6.70. The van der Waals surface area contributed by atoms with Crippen LogP contribution in [0.15, 0.2) is 33.6 Å². The number of fused-ring (bicyclic) bond motifs is 1. The van der Waals surface area contributed by atoms with Crippen LogP contribution in [0.4, 0.5) is 5.69 Å². The molecule has 0 aliphatic carbocycles. The van der Waals surface area contributed by atoms with Crippen molar-refractivity contribution >= 4 is 38.1 Å². The molecule has 1 heterocycles. The lowest BCUT2D eigenvalue weighted by molar-refractivity contribution is -0.117. The third-order valence-electron chi connectivity index (χ3n) is 5.96. The quantitative estimate of drug-likeness (QED) is 0.394. The first-order valence-corrected chi connectivity index (χ1v) is 13.2. The summed E-state index contributed by atoms with van der Waals surface area (Å²) in [5.74, 6) is 0.541. The van der Waals surface area contributed by atoms with Crippen molar-refractivity contribution in [2.24, 2.45) is 5.41 Å². The van der Waals surface area contributed by atoms with Crippen LogP contribution in [0.5, 0.6) is 0 Å². The maximum absolute atomic E-state index is 12.7. The molecule has 31 heavy (non-hydrogen) atoms. The first-order valence-electron chi connectivity index (χ1n) is 10.7. The number of rotatable bonds is 4. The topological polar surface area (TPSA) is 69.6 Å². The average molecular weight is 509 g/mol. The van der Waals surface area contributed by atoms with Crippen molar-refractivity contribution in [3.05, 3.63) is 56.6 Å². The van der Waals surface area contributed by atoms with Gasteiger partial charge in [0, 0.05) is 22.5 Å². The molecule has 1 aliphatic rings. The molecule has 4 nitrogen and oxygen atoms in total. The second-order valence-electron chi connectivity index (χ2n) is 10.2. The van der Waals surface area contributed by atoms with Crippen LogP contribution >= 0.6 is 26.5 Å². The van der Waals surface area contributed by atoms with Crippen LogP contribution in [-0.2, 0) is 4.79 Å². The fourth-order valence-corrected chi connectivity index (χ4v) is 7.62. The molecule has 0 fully saturated rings. The van der Waals surface area contributed by atoms with Crippen molar-refractivity contribution in [2.45, 2.75) is 71.6 Å². The first kappa shape index (κ1) is 24.3. The van der Waals surface area contributed by atoms with E-state index < -0.39 is 10.6 Å². The molecule has 0 aromatic heterocycles. The third-order valence-corrected chi connectivity index (χ3v) is 9.09. The van der Waals surface area contributed by atoms with Gasteiger partial charge in [-0.05, 0) is 68.9 Å². The van der Waals surface area contributed by atoms with Gasteiger partial charge in [0.05, 0.1) is 10.6 Å². The smallest absolute Gasteiger partial charge is 0.224 e. The number of anilines is 1. The van der Waals surface area contributed by atoms with Gasteiger partial charge in [0.1, 0.15) is 0 Å². The molecule has 2 aromatic carbocycles. The molecular formula is C25H34BrNO3S. The van der Waals surface area contributed by atoms with E-state index in [4.69, 9.17) is 0 Å². The van der Waals surface area contributed by atoms with Crippen molar-refractivity contribution in [2.75, 3.05) is 11.1 Å². The molecule has 1 unspecified atom stereocenters. The van der Waals surface area contributed by atoms with E-state index in [9.17, 15) is 13.9 Å². The molecular weight excluding hydrogens is 474 g/mol. The van der Waals surface area contributed by atoms with Crippen LogP contribution in [0, 0.1) is 19.3 Å². The van der Waals surface area contributed by atoms with E-state index in [1.807, 2.05) is 34.6 Å². The molecule has 1 atom stereocenters. The van der Waals surface area contributed by atoms with Crippen molar-refractivity contribution < 1.29 is 13.9 Å². The van der Waals surface area contributed by atoms with Gasteiger partial charge in [-0.1, -0.05) is 58.9 Å². The van der Waals surface area contributed by atoms with E-state index in [0.29, 0.717) is 21.7 Å². The Morgan fingerprint density at radius 3 is 2.26 bits per heavy atom. The molecule has 0 saturated carbocycles. The summed E-state index contributed by atoms with van der Waals surface area (Å²) in [5.41, 5.74) is 5.62. The minimum atomic E-state index is -2.94. The summed E-state index contributed by atoms with van der Waals surface area (Å²) < 4.78 is 22.7. The summed E-state index contributed by atoms with van der Waals surface area (Å²) in [5, 5.41) is 3.11. The van der Waals surface area contributed by atoms with Crippen LogP contribution in [0.25, 0.3) is 0 Å². The molecule has 3 rings (SSSR count). The molecule has 0 saturated heterocycles. The van der Waals surface area contributed by atoms with Gasteiger partial charge in [-0.2, -0.15) is 10.6 Å². The molecule has 0 spiro atoms. The molecule has 6 heteroatoms. The van der Waals surface area contributed by atoms with Gasteiger partial charge < -0.3 is 5.32 Å². The Hall–Kier alpha value is -1.34. The predicted molar refractivity (Wildman–Crippen MR) is 135 cm³/mol. The van der Waals surface area contributed by atoms with E-state index in [1.54, 1.807) is 0 Å². The zero-order valence-electron chi connectivity index (χ0n) is 19.5. The molecule has 0 bridgehead atoms. The van der Waals surface area contributed by atoms with E-state index in [2.05, 4.69) is 59.4 Å². The second kappa shape index (κ2) is 8.54. The highest BCUT2D eigenvalue weighted by molar-refractivity contribution is 9.10. The van der Waals surface area contributed by atoms with Gasteiger partial charge >= 0.3 is 0 Å². The van der Waals surface area contributed by atoms with Crippen LogP contribution in [0.2, 0.25) is 0 Å². The Labute approximate surface area is 196 Å². The maximum atomic E-state index is 12.7. The predicted octanol–water partition coefficient (Wildman–Crippen LogP) is 7.82. The van der Waals surface area contributed by atoms with E-state index >= 15 is 0 Å². The summed E-state index contributed by atoms with van der Waals surface area (Å²) in [6.45, 7) is 14.3.